The fourth-order valence-electron chi connectivity index (χ4n) is 1.80. The number of methoxy groups -OCH3 is 1. The summed E-state index contributed by atoms with van der Waals surface area (Å²) in [6.45, 7) is 2.01. The summed E-state index contributed by atoms with van der Waals surface area (Å²) in [5.74, 6) is 0.753. The van der Waals surface area contributed by atoms with E-state index in [0.29, 0.717) is 10.9 Å². The van der Waals surface area contributed by atoms with Crippen molar-refractivity contribution in [3.63, 3.8) is 0 Å². The van der Waals surface area contributed by atoms with Crippen molar-refractivity contribution in [3.8, 4) is 17.0 Å². The van der Waals surface area contributed by atoms with Crippen LogP contribution < -0.4 is 10.3 Å². The number of pyridine rings is 1. The van der Waals surface area contributed by atoms with Crippen LogP contribution in [0.4, 0.5) is 0 Å². The molecule has 1 aromatic heterocycles. The first kappa shape index (κ1) is 12.9. The Hall–Kier alpha value is -1.55. The van der Waals surface area contributed by atoms with Crippen LogP contribution in [0.5, 0.6) is 5.75 Å². The van der Waals surface area contributed by atoms with Crippen LogP contribution in [-0.2, 0) is 5.33 Å². The van der Waals surface area contributed by atoms with Gasteiger partial charge in [-0.1, -0.05) is 33.6 Å². The zero-order valence-corrected chi connectivity index (χ0v) is 11.9. The molecule has 94 valence electrons. The molecule has 2 rings (SSSR count). The van der Waals surface area contributed by atoms with Crippen LogP contribution in [-0.4, -0.2) is 12.1 Å². The molecule has 1 aromatic carbocycles. The third-order valence-electron chi connectivity index (χ3n) is 2.78. The topological polar surface area (TPSA) is 42.1 Å². The number of nitrogens with one attached hydrogen (secondary N) is 1. The summed E-state index contributed by atoms with van der Waals surface area (Å²) in [6, 6.07) is 9.60. The second-order valence-electron chi connectivity index (χ2n) is 4.06. The van der Waals surface area contributed by atoms with Gasteiger partial charge in [0.25, 0.3) is 5.56 Å². The van der Waals surface area contributed by atoms with Gasteiger partial charge in [-0.25, -0.2) is 0 Å². The number of ether oxygens (including phenoxy) is 1. The summed E-state index contributed by atoms with van der Waals surface area (Å²) in [6.07, 6.45) is 0. The zero-order valence-electron chi connectivity index (χ0n) is 10.3. The Balaban J connectivity index is 2.58. The van der Waals surface area contributed by atoms with Crippen molar-refractivity contribution in [2.75, 3.05) is 7.11 Å². The molecule has 0 amide bonds. The highest BCUT2D eigenvalue weighted by Crippen LogP contribution is 2.28. The second kappa shape index (κ2) is 5.40. The van der Waals surface area contributed by atoms with Crippen molar-refractivity contribution < 1.29 is 4.74 Å². The zero-order chi connectivity index (χ0) is 13.1. The molecule has 0 saturated heterocycles. The number of rotatable bonds is 3. The maximum atomic E-state index is 11.8. The molecule has 0 aliphatic carbocycles. The van der Waals surface area contributed by atoms with Gasteiger partial charge >= 0.3 is 0 Å². The molecule has 1 heterocycles. The Morgan fingerprint density at radius 2 is 2.06 bits per heavy atom. The lowest BCUT2D eigenvalue weighted by Crippen LogP contribution is -2.11. The molecule has 0 aliphatic rings. The Morgan fingerprint density at radius 3 is 2.67 bits per heavy atom. The molecule has 0 spiro atoms. The van der Waals surface area contributed by atoms with E-state index >= 15 is 0 Å². The van der Waals surface area contributed by atoms with Gasteiger partial charge in [0, 0.05) is 16.5 Å². The molecule has 4 heteroatoms. The normalized spacial score (nSPS) is 10.4. The standard InChI is InChI=1S/C14H14BrNO2/c1-9-3-6-13(18-2)11(7-9)12-5-4-10(8-15)14(17)16-12/h3-7H,8H2,1-2H3,(H,16,17). The van der Waals surface area contributed by atoms with Gasteiger partial charge in [0.1, 0.15) is 5.75 Å². The molecule has 1 N–H and O–H groups in total. The lowest BCUT2D eigenvalue weighted by atomic mass is 10.1. The van der Waals surface area contributed by atoms with Gasteiger partial charge in [0.05, 0.1) is 12.8 Å². The van der Waals surface area contributed by atoms with Gasteiger partial charge in [-0.2, -0.15) is 0 Å². The van der Waals surface area contributed by atoms with Crippen molar-refractivity contribution in [2.45, 2.75) is 12.3 Å². The molecule has 0 aliphatic heterocycles. The minimum absolute atomic E-state index is 0.0760. The molecular formula is C14H14BrNO2. The maximum absolute atomic E-state index is 11.8. The minimum Gasteiger partial charge on any atom is -0.496 e. The lowest BCUT2D eigenvalue weighted by Gasteiger charge is -2.09. The van der Waals surface area contributed by atoms with Crippen LogP contribution in [0, 0.1) is 6.92 Å². The monoisotopic (exact) mass is 307 g/mol. The molecule has 3 nitrogen and oxygen atoms in total. The van der Waals surface area contributed by atoms with E-state index in [0.717, 1.165) is 22.6 Å². The number of benzene rings is 1. The molecule has 18 heavy (non-hydrogen) atoms. The SMILES string of the molecule is COc1ccc(C)cc1-c1ccc(CBr)c(=O)[nH]1. The van der Waals surface area contributed by atoms with Crippen LogP contribution in [0.1, 0.15) is 11.1 Å². The molecule has 0 bridgehead atoms. The first-order valence-electron chi connectivity index (χ1n) is 5.59. The molecule has 2 aromatic rings. The number of alkyl halides is 1. The van der Waals surface area contributed by atoms with E-state index < -0.39 is 0 Å². The Labute approximate surface area is 114 Å². The summed E-state index contributed by atoms with van der Waals surface area (Å²) in [7, 11) is 1.62. The van der Waals surface area contributed by atoms with Gasteiger partial charge in [0.15, 0.2) is 0 Å². The third kappa shape index (κ3) is 2.48. The second-order valence-corrected chi connectivity index (χ2v) is 4.62. The molecule has 0 radical (unpaired) electrons. The highest BCUT2D eigenvalue weighted by Gasteiger charge is 2.08. The smallest absolute Gasteiger partial charge is 0.252 e. The Bertz CT molecular complexity index is 619. The predicted molar refractivity (Wildman–Crippen MR) is 76.4 cm³/mol. The molecule has 0 atom stereocenters. The number of aromatic amines is 1. The van der Waals surface area contributed by atoms with E-state index in [1.54, 1.807) is 7.11 Å². The number of H-pyrrole nitrogens is 1. The van der Waals surface area contributed by atoms with Crippen molar-refractivity contribution in [2.24, 2.45) is 0 Å². The number of halogens is 1. The lowest BCUT2D eigenvalue weighted by molar-refractivity contribution is 0.416. The maximum Gasteiger partial charge on any atom is 0.252 e. The number of aryl methyl sites for hydroxylation is 1. The van der Waals surface area contributed by atoms with E-state index in [1.165, 1.54) is 0 Å². The van der Waals surface area contributed by atoms with E-state index in [4.69, 9.17) is 4.74 Å². The van der Waals surface area contributed by atoms with Gasteiger partial charge < -0.3 is 9.72 Å². The first-order chi connectivity index (χ1) is 8.65. The van der Waals surface area contributed by atoms with Crippen molar-refractivity contribution in [1.29, 1.82) is 0 Å². The van der Waals surface area contributed by atoms with Crippen LogP contribution in [0.3, 0.4) is 0 Å². The van der Waals surface area contributed by atoms with Crippen LogP contribution in [0.25, 0.3) is 11.3 Å². The summed E-state index contributed by atoms with van der Waals surface area (Å²) in [5.41, 5.74) is 3.43. The summed E-state index contributed by atoms with van der Waals surface area (Å²) in [5, 5.41) is 0.549. The van der Waals surface area contributed by atoms with Crippen LogP contribution >= 0.6 is 15.9 Å². The van der Waals surface area contributed by atoms with Gasteiger partial charge in [-0.3, -0.25) is 4.79 Å². The molecule has 0 saturated carbocycles. The summed E-state index contributed by atoms with van der Waals surface area (Å²) >= 11 is 3.28. The van der Waals surface area contributed by atoms with Crippen molar-refractivity contribution in [3.05, 3.63) is 51.8 Å². The number of aromatic nitrogens is 1. The average Bonchev–Trinajstić information content (AvgIpc) is 2.38. The molecule has 0 unspecified atom stereocenters. The van der Waals surface area contributed by atoms with E-state index in [2.05, 4.69) is 20.9 Å². The highest BCUT2D eigenvalue weighted by molar-refractivity contribution is 9.08. The predicted octanol–water partition coefficient (Wildman–Crippen LogP) is 3.25. The van der Waals surface area contributed by atoms with Gasteiger partial charge in [0.2, 0.25) is 0 Å². The van der Waals surface area contributed by atoms with Crippen molar-refractivity contribution in [1.82, 2.24) is 4.98 Å². The average molecular weight is 308 g/mol. The first-order valence-corrected chi connectivity index (χ1v) is 6.71. The largest absolute Gasteiger partial charge is 0.496 e. The van der Waals surface area contributed by atoms with E-state index in [9.17, 15) is 4.79 Å². The van der Waals surface area contributed by atoms with Gasteiger partial charge in [-0.05, 0) is 25.1 Å². The fourth-order valence-corrected chi connectivity index (χ4v) is 2.24. The summed E-state index contributed by atoms with van der Waals surface area (Å²) in [4.78, 5) is 14.7. The van der Waals surface area contributed by atoms with E-state index in [-0.39, 0.29) is 5.56 Å². The highest BCUT2D eigenvalue weighted by atomic mass is 79.9. The van der Waals surface area contributed by atoms with Crippen molar-refractivity contribution >= 4 is 15.9 Å². The third-order valence-corrected chi connectivity index (χ3v) is 3.38. The minimum atomic E-state index is -0.0760. The van der Waals surface area contributed by atoms with Crippen LogP contribution in [0.15, 0.2) is 35.1 Å². The van der Waals surface area contributed by atoms with E-state index in [1.807, 2.05) is 37.3 Å². The summed E-state index contributed by atoms with van der Waals surface area (Å²) < 4.78 is 5.32. The Morgan fingerprint density at radius 1 is 1.28 bits per heavy atom. The van der Waals surface area contributed by atoms with Gasteiger partial charge in [-0.15, -0.1) is 0 Å². The van der Waals surface area contributed by atoms with Crippen LogP contribution in [0.2, 0.25) is 0 Å². The molecular weight excluding hydrogens is 294 g/mol. The Kier molecular flexibility index (Phi) is 3.87. The number of hydrogen-bond donors (Lipinski definition) is 1. The quantitative estimate of drug-likeness (QED) is 0.884. The fraction of sp³-hybridized carbons (Fsp3) is 0.214. The number of hydrogen-bond acceptors (Lipinski definition) is 2. The molecule has 0 fully saturated rings.